The fraction of sp³-hybridized carbons (Fsp3) is 0.214. The predicted octanol–water partition coefficient (Wildman–Crippen LogP) is 2.48. The number of nitrogens with one attached hydrogen (secondary N) is 1. The van der Waals surface area contributed by atoms with E-state index in [9.17, 15) is 0 Å². The van der Waals surface area contributed by atoms with Gasteiger partial charge in [0.15, 0.2) is 0 Å². The number of benzene rings is 1. The first-order valence-electron chi connectivity index (χ1n) is 6.10. The molecule has 3 N–H and O–H groups in total. The van der Waals surface area contributed by atoms with Crippen molar-refractivity contribution in [3.05, 3.63) is 47.4 Å². The van der Waals surface area contributed by atoms with E-state index in [4.69, 9.17) is 14.9 Å². The number of ether oxygens (including phenoxy) is 1. The number of nitrogens with zero attached hydrogens (tertiary/aromatic N) is 1. The maximum atomic E-state index is 5.72. The molecule has 0 spiro atoms. The zero-order valence-corrected chi connectivity index (χ0v) is 10.6. The molecule has 1 aliphatic rings. The summed E-state index contributed by atoms with van der Waals surface area (Å²) in [7, 11) is 0. The highest BCUT2D eigenvalue weighted by Gasteiger charge is 2.13. The predicted molar refractivity (Wildman–Crippen MR) is 73.0 cm³/mol. The van der Waals surface area contributed by atoms with Crippen LogP contribution in [0.25, 0.3) is 0 Å². The number of hydrogen-bond donors (Lipinski definition) is 2. The van der Waals surface area contributed by atoms with Crippen LogP contribution in [-0.4, -0.2) is 6.02 Å². The van der Waals surface area contributed by atoms with E-state index >= 15 is 0 Å². The van der Waals surface area contributed by atoms with Crippen LogP contribution in [0.4, 0.5) is 11.4 Å². The largest absolute Gasteiger partial charge is 0.465 e. The lowest BCUT2D eigenvalue weighted by molar-refractivity contribution is 0.269. The van der Waals surface area contributed by atoms with Gasteiger partial charge in [-0.15, -0.1) is 0 Å². The number of aliphatic imine (C=N–C) groups is 1. The summed E-state index contributed by atoms with van der Waals surface area (Å²) in [6, 6.07) is 9.98. The fourth-order valence-electron chi connectivity index (χ4n) is 1.95. The summed E-state index contributed by atoms with van der Waals surface area (Å²) in [5, 5.41) is 3.11. The van der Waals surface area contributed by atoms with Crippen LogP contribution in [0.1, 0.15) is 17.1 Å². The minimum atomic E-state index is 0.476. The topological polar surface area (TPSA) is 72.8 Å². The van der Waals surface area contributed by atoms with Crippen LogP contribution in [0.3, 0.4) is 0 Å². The van der Waals surface area contributed by atoms with Gasteiger partial charge in [0.2, 0.25) is 0 Å². The van der Waals surface area contributed by atoms with Gasteiger partial charge in [0.1, 0.15) is 18.1 Å². The van der Waals surface area contributed by atoms with E-state index in [1.165, 1.54) is 0 Å². The van der Waals surface area contributed by atoms with Crippen molar-refractivity contribution in [2.24, 2.45) is 4.99 Å². The van der Waals surface area contributed by atoms with Crippen molar-refractivity contribution in [2.75, 3.05) is 5.73 Å². The number of hydrogen-bond acceptors (Lipinski definition) is 5. The molecule has 0 saturated carbocycles. The van der Waals surface area contributed by atoms with Crippen LogP contribution < -0.4 is 11.1 Å². The van der Waals surface area contributed by atoms with Crippen molar-refractivity contribution in [1.29, 1.82) is 0 Å². The van der Waals surface area contributed by atoms with Crippen LogP contribution in [0.5, 0.6) is 0 Å². The molecule has 0 atom stereocenters. The molecule has 5 heteroatoms. The minimum absolute atomic E-state index is 0.476. The maximum Gasteiger partial charge on any atom is 0.290 e. The van der Waals surface area contributed by atoms with Gasteiger partial charge >= 0.3 is 0 Å². The summed E-state index contributed by atoms with van der Waals surface area (Å²) in [5.74, 6) is 1.75. The summed E-state index contributed by atoms with van der Waals surface area (Å²) in [5.41, 5.74) is 8.33. The number of fused-ring (bicyclic) bond motifs is 1. The molecule has 0 unspecified atom stereocenters. The van der Waals surface area contributed by atoms with Gasteiger partial charge in [-0.3, -0.25) is 0 Å². The minimum Gasteiger partial charge on any atom is -0.465 e. The Hall–Kier alpha value is -2.43. The van der Waals surface area contributed by atoms with Crippen LogP contribution >= 0.6 is 0 Å². The van der Waals surface area contributed by atoms with Crippen molar-refractivity contribution in [3.63, 3.8) is 0 Å². The highest BCUT2D eigenvalue weighted by atomic mass is 16.5. The quantitative estimate of drug-likeness (QED) is 0.811. The second kappa shape index (κ2) is 4.68. The first-order valence-corrected chi connectivity index (χ1v) is 6.10. The molecule has 0 fully saturated rings. The van der Waals surface area contributed by atoms with Crippen molar-refractivity contribution >= 4 is 17.4 Å². The molecule has 0 amide bonds. The van der Waals surface area contributed by atoms with E-state index in [0.29, 0.717) is 19.2 Å². The van der Waals surface area contributed by atoms with Gasteiger partial charge in [-0.1, -0.05) is 0 Å². The lowest BCUT2D eigenvalue weighted by atomic mass is 10.1. The number of aryl methyl sites for hydroxylation is 1. The fourth-order valence-corrected chi connectivity index (χ4v) is 1.95. The van der Waals surface area contributed by atoms with Crippen LogP contribution in [0.15, 0.2) is 39.7 Å². The third-order valence-corrected chi connectivity index (χ3v) is 2.90. The first-order chi connectivity index (χ1) is 9.20. The average Bonchev–Trinajstić information content (AvgIpc) is 2.82. The third-order valence-electron chi connectivity index (χ3n) is 2.90. The average molecular weight is 257 g/mol. The smallest absolute Gasteiger partial charge is 0.290 e. The Labute approximate surface area is 111 Å². The summed E-state index contributed by atoms with van der Waals surface area (Å²) in [6.07, 6.45) is 0. The Morgan fingerprint density at radius 2 is 2.21 bits per heavy atom. The van der Waals surface area contributed by atoms with Crippen molar-refractivity contribution in [3.8, 4) is 0 Å². The summed E-state index contributed by atoms with van der Waals surface area (Å²) >= 11 is 0. The number of furan rings is 1. The molecule has 5 nitrogen and oxygen atoms in total. The molecule has 0 aliphatic carbocycles. The molecular weight excluding hydrogens is 242 g/mol. The van der Waals surface area contributed by atoms with Gasteiger partial charge < -0.3 is 20.2 Å². The molecule has 0 saturated heterocycles. The molecule has 1 aliphatic heterocycles. The Bertz CT molecular complexity index is 631. The van der Waals surface area contributed by atoms with Gasteiger partial charge in [-0.25, -0.2) is 0 Å². The maximum absolute atomic E-state index is 5.72. The van der Waals surface area contributed by atoms with Gasteiger partial charge in [-0.05, 0) is 37.3 Å². The number of amidine groups is 1. The zero-order valence-electron chi connectivity index (χ0n) is 10.6. The van der Waals surface area contributed by atoms with Crippen molar-refractivity contribution in [2.45, 2.75) is 20.1 Å². The summed E-state index contributed by atoms with van der Waals surface area (Å²) < 4.78 is 11.0. The molecule has 19 heavy (non-hydrogen) atoms. The molecule has 3 rings (SSSR count). The Morgan fingerprint density at radius 3 is 3.00 bits per heavy atom. The molecular formula is C14H15N3O2. The van der Waals surface area contributed by atoms with E-state index in [0.717, 1.165) is 28.5 Å². The lowest BCUT2D eigenvalue weighted by Crippen LogP contribution is -2.27. The Morgan fingerprint density at radius 1 is 1.32 bits per heavy atom. The van der Waals surface area contributed by atoms with E-state index < -0.39 is 0 Å². The number of anilines is 1. The van der Waals surface area contributed by atoms with Gasteiger partial charge in [0.25, 0.3) is 6.02 Å². The normalized spacial score (nSPS) is 13.4. The monoisotopic (exact) mass is 257 g/mol. The molecule has 1 aromatic carbocycles. The zero-order chi connectivity index (χ0) is 13.2. The standard InChI is InChI=1S/C14H15N3O2/c1-9-2-4-12(19-9)7-16-14-17-13-5-3-11(15)6-10(13)8-18-14/h2-6H,7-8,15H2,1H3,(H,16,17). The van der Waals surface area contributed by atoms with Crippen LogP contribution in [0.2, 0.25) is 0 Å². The molecule has 2 heterocycles. The first kappa shape index (κ1) is 11.6. The van der Waals surface area contributed by atoms with E-state index in [-0.39, 0.29) is 0 Å². The van der Waals surface area contributed by atoms with Gasteiger partial charge in [0.05, 0.1) is 12.2 Å². The second-order valence-electron chi connectivity index (χ2n) is 4.46. The SMILES string of the molecule is Cc1ccc(CNC2=Nc3ccc(N)cc3CO2)o1. The number of nitrogens with two attached hydrogens (primary N) is 1. The summed E-state index contributed by atoms with van der Waals surface area (Å²) in [6.45, 7) is 2.94. The van der Waals surface area contributed by atoms with Gasteiger partial charge in [-0.2, -0.15) is 4.99 Å². The molecule has 0 radical (unpaired) electrons. The van der Waals surface area contributed by atoms with E-state index in [2.05, 4.69) is 10.3 Å². The highest BCUT2D eigenvalue weighted by Crippen LogP contribution is 2.26. The Balaban J connectivity index is 1.71. The van der Waals surface area contributed by atoms with E-state index in [1.54, 1.807) is 0 Å². The molecule has 0 bridgehead atoms. The van der Waals surface area contributed by atoms with E-state index in [1.807, 2.05) is 37.3 Å². The summed E-state index contributed by atoms with van der Waals surface area (Å²) in [4.78, 5) is 4.39. The molecule has 2 aromatic rings. The van der Waals surface area contributed by atoms with Crippen molar-refractivity contribution in [1.82, 2.24) is 5.32 Å². The highest BCUT2D eigenvalue weighted by molar-refractivity contribution is 5.79. The van der Waals surface area contributed by atoms with Crippen LogP contribution in [0, 0.1) is 6.92 Å². The number of rotatable bonds is 2. The second-order valence-corrected chi connectivity index (χ2v) is 4.46. The Kier molecular flexibility index (Phi) is 2.87. The van der Waals surface area contributed by atoms with Crippen molar-refractivity contribution < 1.29 is 9.15 Å². The third kappa shape index (κ3) is 2.54. The van der Waals surface area contributed by atoms with Crippen LogP contribution in [-0.2, 0) is 17.9 Å². The lowest BCUT2D eigenvalue weighted by Gasteiger charge is -2.17. The molecule has 98 valence electrons. The van der Waals surface area contributed by atoms with Gasteiger partial charge in [0, 0.05) is 11.3 Å². The number of nitrogen functional groups attached to an aromatic ring is 1. The molecule has 1 aromatic heterocycles.